The third-order valence-corrected chi connectivity index (χ3v) is 23.4. The molecule has 704 valence electrons. The second-order valence-electron chi connectivity index (χ2n) is 33.5. The van der Waals surface area contributed by atoms with Crippen molar-refractivity contribution in [2.45, 2.75) is 169 Å². The number of anilines is 1. The van der Waals surface area contributed by atoms with Crippen LogP contribution < -0.4 is 96.7 Å². The molecule has 10 amide bonds. The number of hydrogen-bond acceptors (Lipinski definition) is 29. The van der Waals surface area contributed by atoms with E-state index in [4.69, 9.17) is 80.6 Å². The number of phenolic OH excluding ortho intramolecular Hbond substituents is 3. The number of nitrogens with two attached hydrogens (primary N) is 1. The summed E-state index contributed by atoms with van der Waals surface area (Å²) in [5, 5.41) is 130. The summed E-state index contributed by atoms with van der Waals surface area (Å²) in [5.41, 5.74) is 5.69. The second kappa shape index (κ2) is 42.1. The summed E-state index contributed by atoms with van der Waals surface area (Å²) in [6.07, 6.45) is -18.5. The number of aromatic hydroxyl groups is 3. The fourth-order valence-electron chi connectivity index (χ4n) is 15.5. The number of nitrogens with one attached hydrogen (secondary N) is 11. The number of likely N-dealkylation sites (N-methyl/N-ethyl adjacent to an activating group) is 2. The van der Waals surface area contributed by atoms with Crippen LogP contribution in [0.5, 0.6) is 46.0 Å². The largest absolute Gasteiger partial charge is 1.00 e. The predicted octanol–water partition coefficient (Wildman–Crippen LogP) is -1.75. The van der Waals surface area contributed by atoms with Crippen LogP contribution in [0.4, 0.5) is 5.82 Å². The Kier molecular flexibility index (Phi) is 32.2. The maximum atomic E-state index is 16.4. The van der Waals surface area contributed by atoms with E-state index in [-0.39, 0.29) is 100 Å². The zero-order chi connectivity index (χ0) is 94.6. The first kappa shape index (κ1) is 100. The Morgan fingerprint density at radius 3 is 1.95 bits per heavy atom. The Balaban J connectivity index is 0.0000166. The van der Waals surface area contributed by atoms with Crippen LogP contribution >= 0.6 is 46.4 Å². The van der Waals surface area contributed by atoms with Gasteiger partial charge in [0.15, 0.2) is 30.4 Å². The summed E-state index contributed by atoms with van der Waals surface area (Å²) >= 11 is 26.6. The number of primary amides is 1. The second-order valence-corrected chi connectivity index (χ2v) is 35.1. The molecular formula is C85H98Cl5N15O26. The Morgan fingerprint density at radius 2 is 1.33 bits per heavy atom. The molecule has 2 fully saturated rings. The number of ether oxygens (including phenoxy) is 6. The highest BCUT2D eigenvalue weighted by Gasteiger charge is 2.52. The molecule has 1 aromatic heterocycles. The van der Waals surface area contributed by atoms with E-state index in [0.717, 1.165) is 66.7 Å². The molecule has 0 radical (unpaired) electrons. The lowest BCUT2D eigenvalue weighted by Gasteiger charge is -2.48. The Hall–Kier alpha value is -11.3. The Labute approximate surface area is 773 Å². The smallest absolute Gasteiger partial charge is 0.349 e. The molecule has 7 aliphatic rings. The number of carbonyl (C=O) groups is 10. The van der Waals surface area contributed by atoms with Gasteiger partial charge in [-0.15, -0.1) is 0 Å². The monoisotopic (exact) mass is 1920 g/mol. The van der Waals surface area contributed by atoms with E-state index in [1.807, 2.05) is 13.8 Å². The van der Waals surface area contributed by atoms with Crippen molar-refractivity contribution >= 4 is 111 Å². The molecule has 6 aromatic carbocycles. The van der Waals surface area contributed by atoms with Crippen LogP contribution in [0.3, 0.4) is 0 Å². The highest BCUT2D eigenvalue weighted by atomic mass is 35.5. The topological polar surface area (TPSA) is 601 Å². The molecule has 0 saturated carbocycles. The minimum absolute atomic E-state index is 0. The number of phenols is 3. The van der Waals surface area contributed by atoms with Gasteiger partial charge in [0.25, 0.3) is 11.8 Å². The average Bonchev–Trinajstić information content (AvgIpc) is 0.755. The van der Waals surface area contributed by atoms with Gasteiger partial charge in [0, 0.05) is 48.4 Å². The summed E-state index contributed by atoms with van der Waals surface area (Å²) in [6, 6.07) is 5.13. The van der Waals surface area contributed by atoms with Crippen molar-refractivity contribution in [3.8, 4) is 57.1 Å². The maximum Gasteiger partial charge on any atom is 0.349 e. The Morgan fingerprint density at radius 1 is 0.687 bits per heavy atom. The van der Waals surface area contributed by atoms with Gasteiger partial charge in [-0.2, -0.15) is 4.98 Å². The van der Waals surface area contributed by atoms with E-state index in [2.05, 4.69) is 63.7 Å². The van der Waals surface area contributed by atoms with Crippen LogP contribution in [0.15, 0.2) is 114 Å². The highest BCUT2D eigenvalue weighted by molar-refractivity contribution is 6.42. The van der Waals surface area contributed by atoms with Crippen LogP contribution in [0, 0.1) is 5.92 Å². The number of fused-ring (bicyclic) bond motifs is 15. The minimum Gasteiger partial charge on any atom is -1.00 e. The van der Waals surface area contributed by atoms with Crippen molar-refractivity contribution in [2.24, 2.45) is 11.7 Å². The summed E-state index contributed by atoms with van der Waals surface area (Å²) in [4.78, 5) is 164. The summed E-state index contributed by atoms with van der Waals surface area (Å²) in [5.74, 6) is -17.3. The third-order valence-electron chi connectivity index (χ3n) is 22.1. The van der Waals surface area contributed by atoms with Crippen LogP contribution in [-0.2, 0) is 75.1 Å². The molecule has 0 spiro atoms. The zero-order valence-corrected chi connectivity index (χ0v) is 75.0. The van der Waals surface area contributed by atoms with Gasteiger partial charge in [0.2, 0.25) is 59.3 Å². The maximum absolute atomic E-state index is 16.4. The van der Waals surface area contributed by atoms with Crippen molar-refractivity contribution in [3.63, 3.8) is 0 Å². The van der Waals surface area contributed by atoms with Gasteiger partial charge < -0.3 is 145 Å². The molecule has 41 nitrogen and oxygen atoms in total. The van der Waals surface area contributed by atoms with Crippen molar-refractivity contribution in [1.82, 2.24) is 62.9 Å². The van der Waals surface area contributed by atoms with Crippen LogP contribution in [0.2, 0.25) is 20.1 Å². The first-order valence-electron chi connectivity index (χ1n) is 40.8. The van der Waals surface area contributed by atoms with Crippen molar-refractivity contribution < 1.29 is 139 Å². The van der Waals surface area contributed by atoms with Crippen LogP contribution in [0.25, 0.3) is 11.1 Å². The molecule has 8 heterocycles. The predicted molar refractivity (Wildman–Crippen MR) is 462 cm³/mol. The molecule has 7 aliphatic heterocycles. The molecule has 18 unspecified atom stereocenters. The quantitative estimate of drug-likeness (QED) is 0.0264. The Bertz CT molecular complexity index is 5600. The van der Waals surface area contributed by atoms with Gasteiger partial charge in [-0.05, 0) is 139 Å². The summed E-state index contributed by atoms with van der Waals surface area (Å²) < 4.78 is 40.7. The van der Waals surface area contributed by atoms with Gasteiger partial charge in [0.1, 0.15) is 101 Å². The first-order chi connectivity index (χ1) is 61.4. The van der Waals surface area contributed by atoms with Gasteiger partial charge in [-0.3, -0.25) is 63.4 Å². The number of carbonyl (C=O) groups excluding carboxylic acids is 10. The van der Waals surface area contributed by atoms with Crippen molar-refractivity contribution in [1.29, 1.82) is 0 Å². The zero-order valence-electron chi connectivity index (χ0n) is 71.2. The van der Waals surface area contributed by atoms with Gasteiger partial charge in [-0.25, -0.2) is 4.79 Å². The van der Waals surface area contributed by atoms with E-state index < -0.39 is 260 Å². The van der Waals surface area contributed by atoms with Gasteiger partial charge in [-0.1, -0.05) is 84.5 Å². The summed E-state index contributed by atoms with van der Waals surface area (Å²) in [7, 11) is 6.45. The van der Waals surface area contributed by atoms with E-state index in [1.165, 1.54) is 55.1 Å². The van der Waals surface area contributed by atoms with E-state index in [1.54, 1.807) is 34.1 Å². The van der Waals surface area contributed by atoms with E-state index in [0.29, 0.717) is 5.56 Å². The van der Waals surface area contributed by atoms with E-state index in [9.17, 15) is 74.7 Å². The lowest BCUT2D eigenvalue weighted by molar-refractivity contribution is -0.862. The number of halogens is 5. The number of amides is 10. The van der Waals surface area contributed by atoms with Crippen LogP contribution in [0.1, 0.15) is 111 Å². The summed E-state index contributed by atoms with van der Waals surface area (Å²) in [6.45, 7) is 5.32. The molecule has 0 aliphatic carbocycles. The fourth-order valence-corrected chi connectivity index (χ4v) is 16.3. The molecule has 14 rings (SSSR count). The SMILES string of the molecule is CNC(CC(C)C)C(=O)NC1C(=O)NC(CC(N)=O)C(=O)NC2C(=O)NC3C(=O)NC(C(=O)NC(C(=O)NNC(=O)C[N+](C)(C)C)c4cc(O)cc(O)c4-c4cc3ccc4O)C(O)c3ccc(c(Cl)c3)Oc3cc2cc(c3OC2OC(CO)C(O)C(O)C2OC2CC(C)(NCCn3ccc(NC(=O)Cc4ccc(Cl)c(Cl)c4)nc3=O)C(O)C(C)O2)Oc2ccc(cc2Cl)C1O.[Cl-]. The number of aromatic nitrogens is 2. The lowest BCUT2D eigenvalue weighted by atomic mass is 9.85. The molecular weight excluding hydrogens is 1820 g/mol. The molecule has 2 saturated heterocycles. The van der Waals surface area contributed by atoms with Crippen LogP contribution in [-0.4, -0.2) is 246 Å². The molecule has 18 atom stereocenters. The van der Waals surface area contributed by atoms with E-state index >= 15 is 24.0 Å². The molecule has 7 aromatic rings. The van der Waals surface area contributed by atoms with Crippen molar-refractivity contribution in [2.75, 3.05) is 53.2 Å². The molecule has 131 heavy (non-hydrogen) atoms. The number of rotatable bonds is 22. The fraction of sp³-hybridized carbons (Fsp3) is 0.412. The highest BCUT2D eigenvalue weighted by Crippen LogP contribution is 2.50. The first-order valence-corrected chi connectivity index (χ1v) is 42.3. The van der Waals surface area contributed by atoms with Crippen molar-refractivity contribution in [3.05, 3.63) is 173 Å². The normalized spacial score (nSPS) is 25.3. The number of nitrogens with zero attached hydrogens (tertiary/aromatic N) is 3. The number of aliphatic hydroxyl groups excluding tert-OH is 6. The number of hydrazine groups is 1. The molecule has 46 heteroatoms. The number of aliphatic hydroxyl groups is 6. The van der Waals surface area contributed by atoms with Gasteiger partial charge in [0.05, 0.1) is 78.9 Å². The number of hydrogen-bond donors (Lipinski definition) is 21. The average molecular weight is 1920 g/mol. The number of benzene rings is 6. The lowest BCUT2D eigenvalue weighted by Crippen LogP contribution is -3.00. The van der Waals surface area contributed by atoms with Gasteiger partial charge >= 0.3 is 5.69 Å². The third kappa shape index (κ3) is 23.6. The number of quaternary nitrogens is 1. The molecule has 11 bridgehead atoms. The molecule has 22 N–H and O–H groups in total. The standard InChI is InChI=1S/C85H97Cl4N15O26.ClH/c1-35(2)21-49(91-5)76(117)99-67-69(112)39-11-15-53(47(88)25-39)126-55-27-41-28-56(73(55)130-83-74(72(115)71(114)57(34-105)128-83)129-62-32-85(4,75(116)36(3)125-62)92-18-20-103-19-17-59(95-84(103)124)94-60(110)23-37-9-13-45(86)46(87)22-37)127-54-16-12-40(26-48(54)89)70(113)68-81(122)98-66(82(123)102-101-61(111)33-104(6,7)8)44-29-42(106)30-52(108)63(44)43-24-38(10-14-51(43)107)64(78(119)100-68)97-79(120)65(41)96-77(118)50(31-58(90)109)93-80(67)121;/h9-17,19,22,24-30,35-36,49-50,57,62,64-72,74-75,83,91-92,105,112-116H,18,20-21,23,31-34H2,1-8H3,(H13-,90,93,94,95,96,97,98,99,100,101,102,106,107,108,109,110,111,117,118,119,120,121,122,123,124);1H. The minimum atomic E-state index is -2.42.